The monoisotopic (exact) mass is 254 g/mol. The number of hydrogen-bond donors (Lipinski definition) is 2. The van der Waals surface area contributed by atoms with Gasteiger partial charge < -0.3 is 15.8 Å². The molecule has 1 aliphatic carbocycles. The molecule has 1 aromatic rings. The second-order valence-electron chi connectivity index (χ2n) is 4.54. The van der Waals surface area contributed by atoms with Gasteiger partial charge in [-0.15, -0.1) is 0 Å². The van der Waals surface area contributed by atoms with Gasteiger partial charge in [-0.1, -0.05) is 24.1 Å². The average molecular weight is 255 g/mol. The Bertz CT molecular complexity index is 384. The van der Waals surface area contributed by atoms with Crippen molar-refractivity contribution in [1.29, 1.82) is 0 Å². The highest BCUT2D eigenvalue weighted by atomic mass is 35.5. The third-order valence-corrected chi connectivity index (χ3v) is 3.74. The van der Waals surface area contributed by atoms with E-state index < -0.39 is 0 Å². The fourth-order valence-electron chi connectivity index (χ4n) is 2.28. The number of rotatable bonds is 4. The second kappa shape index (κ2) is 5.71. The summed E-state index contributed by atoms with van der Waals surface area (Å²) in [5.74, 6) is 0.788. The Balaban J connectivity index is 1.94. The van der Waals surface area contributed by atoms with E-state index in [1.807, 2.05) is 18.2 Å². The molecule has 2 atom stereocenters. The van der Waals surface area contributed by atoms with Gasteiger partial charge in [0.1, 0.15) is 5.75 Å². The molecule has 0 aliphatic heterocycles. The van der Waals surface area contributed by atoms with Gasteiger partial charge in [-0.2, -0.15) is 0 Å². The molecule has 1 fully saturated rings. The van der Waals surface area contributed by atoms with Crippen molar-refractivity contribution in [1.82, 2.24) is 5.32 Å². The van der Waals surface area contributed by atoms with Crippen molar-refractivity contribution < 1.29 is 4.74 Å². The van der Waals surface area contributed by atoms with Crippen molar-refractivity contribution in [3.8, 4) is 5.75 Å². The van der Waals surface area contributed by atoms with Crippen molar-refractivity contribution >= 4 is 11.6 Å². The van der Waals surface area contributed by atoms with E-state index in [0.29, 0.717) is 6.04 Å². The van der Waals surface area contributed by atoms with Crippen LogP contribution in [0.2, 0.25) is 5.02 Å². The van der Waals surface area contributed by atoms with Gasteiger partial charge in [0.15, 0.2) is 0 Å². The highest BCUT2D eigenvalue weighted by Gasteiger charge is 2.23. The van der Waals surface area contributed by atoms with Gasteiger partial charge in [-0.25, -0.2) is 0 Å². The summed E-state index contributed by atoms with van der Waals surface area (Å²) in [5.41, 5.74) is 7.10. The van der Waals surface area contributed by atoms with E-state index in [0.717, 1.165) is 35.7 Å². The van der Waals surface area contributed by atoms with Gasteiger partial charge >= 0.3 is 0 Å². The largest absolute Gasteiger partial charge is 0.497 e. The first-order valence-electron chi connectivity index (χ1n) is 6.02. The number of benzene rings is 1. The lowest BCUT2D eigenvalue weighted by Crippen LogP contribution is -2.40. The van der Waals surface area contributed by atoms with Crippen LogP contribution < -0.4 is 15.8 Å². The summed E-state index contributed by atoms with van der Waals surface area (Å²) >= 11 is 6.18. The summed E-state index contributed by atoms with van der Waals surface area (Å²) < 4.78 is 5.12. The van der Waals surface area contributed by atoms with Crippen LogP contribution in [0.5, 0.6) is 5.75 Å². The first-order valence-corrected chi connectivity index (χ1v) is 6.40. The van der Waals surface area contributed by atoms with E-state index in [1.54, 1.807) is 7.11 Å². The van der Waals surface area contributed by atoms with E-state index >= 15 is 0 Å². The minimum absolute atomic E-state index is 0.284. The van der Waals surface area contributed by atoms with Gasteiger partial charge in [-0.05, 0) is 30.5 Å². The fourth-order valence-corrected chi connectivity index (χ4v) is 2.52. The Hall–Kier alpha value is -0.770. The summed E-state index contributed by atoms with van der Waals surface area (Å²) in [4.78, 5) is 0. The van der Waals surface area contributed by atoms with Crippen molar-refractivity contribution in [2.24, 2.45) is 5.73 Å². The maximum atomic E-state index is 6.18. The third-order valence-electron chi connectivity index (χ3n) is 3.38. The van der Waals surface area contributed by atoms with Gasteiger partial charge in [0.25, 0.3) is 0 Å². The number of halogens is 1. The number of ether oxygens (including phenoxy) is 1. The van der Waals surface area contributed by atoms with Crippen molar-refractivity contribution in [3.63, 3.8) is 0 Å². The Morgan fingerprint density at radius 2 is 2.29 bits per heavy atom. The van der Waals surface area contributed by atoms with Crippen molar-refractivity contribution in [3.05, 3.63) is 28.8 Å². The quantitative estimate of drug-likeness (QED) is 0.867. The molecular formula is C13H19ClN2O. The van der Waals surface area contributed by atoms with Crippen LogP contribution in [0.4, 0.5) is 0 Å². The van der Waals surface area contributed by atoms with Crippen LogP contribution in [0.3, 0.4) is 0 Å². The molecular weight excluding hydrogens is 236 g/mol. The van der Waals surface area contributed by atoms with Gasteiger partial charge in [0, 0.05) is 23.7 Å². The van der Waals surface area contributed by atoms with Crippen molar-refractivity contribution in [2.75, 3.05) is 7.11 Å². The van der Waals surface area contributed by atoms with Crippen LogP contribution in [0.15, 0.2) is 18.2 Å². The molecule has 3 nitrogen and oxygen atoms in total. The van der Waals surface area contributed by atoms with E-state index in [2.05, 4.69) is 5.32 Å². The van der Waals surface area contributed by atoms with Gasteiger partial charge in [0.05, 0.1) is 7.11 Å². The molecule has 0 radical (unpaired) electrons. The van der Waals surface area contributed by atoms with E-state index in [4.69, 9.17) is 22.1 Å². The zero-order valence-electron chi connectivity index (χ0n) is 10.1. The van der Waals surface area contributed by atoms with Gasteiger partial charge in [-0.3, -0.25) is 0 Å². The molecule has 0 bridgehead atoms. The lowest BCUT2D eigenvalue weighted by molar-refractivity contribution is 0.414. The summed E-state index contributed by atoms with van der Waals surface area (Å²) in [6.45, 7) is 0.765. The Morgan fingerprint density at radius 3 is 2.88 bits per heavy atom. The summed E-state index contributed by atoms with van der Waals surface area (Å²) in [7, 11) is 1.64. The average Bonchev–Trinajstić information content (AvgIpc) is 2.73. The number of nitrogens with two attached hydrogens (primary N) is 1. The van der Waals surface area contributed by atoms with E-state index in [9.17, 15) is 0 Å². The molecule has 0 heterocycles. The third kappa shape index (κ3) is 3.12. The van der Waals surface area contributed by atoms with Crippen molar-refractivity contribution in [2.45, 2.75) is 37.9 Å². The van der Waals surface area contributed by atoms with Crippen LogP contribution in [0.25, 0.3) is 0 Å². The highest BCUT2D eigenvalue weighted by molar-refractivity contribution is 6.31. The summed E-state index contributed by atoms with van der Waals surface area (Å²) in [6.07, 6.45) is 3.50. The molecule has 0 aromatic heterocycles. The van der Waals surface area contributed by atoms with Crippen LogP contribution >= 0.6 is 11.6 Å². The maximum Gasteiger partial charge on any atom is 0.120 e. The second-order valence-corrected chi connectivity index (χ2v) is 4.95. The highest BCUT2D eigenvalue weighted by Crippen LogP contribution is 2.23. The SMILES string of the molecule is COc1ccc(CNC2CCCC2N)c(Cl)c1. The smallest absolute Gasteiger partial charge is 0.120 e. The molecule has 2 rings (SSSR count). The number of nitrogens with one attached hydrogen (secondary N) is 1. The van der Waals surface area contributed by atoms with E-state index in [1.165, 1.54) is 6.42 Å². The summed E-state index contributed by atoms with van der Waals surface area (Å²) in [6, 6.07) is 6.47. The molecule has 0 amide bonds. The van der Waals surface area contributed by atoms with Crippen LogP contribution in [0, 0.1) is 0 Å². The summed E-state index contributed by atoms with van der Waals surface area (Å²) in [5, 5.41) is 4.21. The maximum absolute atomic E-state index is 6.18. The number of hydrogen-bond acceptors (Lipinski definition) is 3. The Labute approximate surface area is 107 Å². The Morgan fingerprint density at radius 1 is 1.47 bits per heavy atom. The predicted octanol–water partition coefficient (Wildman–Crippen LogP) is 2.32. The molecule has 94 valence electrons. The predicted molar refractivity (Wildman–Crippen MR) is 70.5 cm³/mol. The fraction of sp³-hybridized carbons (Fsp3) is 0.538. The standard InChI is InChI=1S/C13H19ClN2O/c1-17-10-6-5-9(11(14)7-10)8-16-13-4-2-3-12(13)15/h5-7,12-13,16H,2-4,8,15H2,1H3. The van der Waals surface area contributed by atoms with Gasteiger partial charge in [0.2, 0.25) is 0 Å². The first kappa shape index (κ1) is 12.7. The lowest BCUT2D eigenvalue weighted by atomic mass is 10.1. The topological polar surface area (TPSA) is 47.3 Å². The molecule has 1 saturated carbocycles. The molecule has 2 unspecified atom stereocenters. The minimum Gasteiger partial charge on any atom is -0.497 e. The molecule has 1 aliphatic rings. The molecule has 1 aromatic carbocycles. The molecule has 3 N–H and O–H groups in total. The minimum atomic E-state index is 0.284. The van der Waals surface area contributed by atoms with Crippen LogP contribution in [0.1, 0.15) is 24.8 Å². The molecule has 17 heavy (non-hydrogen) atoms. The van der Waals surface area contributed by atoms with Crippen LogP contribution in [-0.2, 0) is 6.54 Å². The zero-order valence-corrected chi connectivity index (χ0v) is 10.8. The Kier molecular flexibility index (Phi) is 4.26. The first-order chi connectivity index (χ1) is 8.20. The van der Waals surface area contributed by atoms with Crippen LogP contribution in [-0.4, -0.2) is 19.2 Å². The molecule has 0 spiro atoms. The molecule has 4 heteroatoms. The molecule has 0 saturated heterocycles. The number of methoxy groups -OCH3 is 1. The lowest BCUT2D eigenvalue weighted by Gasteiger charge is -2.17. The van der Waals surface area contributed by atoms with E-state index in [-0.39, 0.29) is 6.04 Å². The zero-order chi connectivity index (χ0) is 12.3. The normalized spacial score (nSPS) is 23.9.